The first kappa shape index (κ1) is 23.0. The highest BCUT2D eigenvalue weighted by molar-refractivity contribution is 6.08. The first-order valence-corrected chi connectivity index (χ1v) is 13.0. The van der Waals surface area contributed by atoms with Crippen LogP contribution in [0.5, 0.6) is 0 Å². The Morgan fingerprint density at radius 3 is 2.79 bits per heavy atom. The Morgan fingerprint density at radius 2 is 1.91 bits per heavy atom. The predicted octanol–water partition coefficient (Wildman–Crippen LogP) is 6.00. The smallest absolute Gasteiger partial charge is 0.0786 e. The van der Waals surface area contributed by atoms with Gasteiger partial charge in [-0.2, -0.15) is 0 Å². The molecule has 5 rings (SSSR count). The fourth-order valence-corrected chi connectivity index (χ4v) is 5.71. The number of benzene rings is 1. The van der Waals surface area contributed by atoms with Crippen LogP contribution in [0.3, 0.4) is 0 Å². The summed E-state index contributed by atoms with van der Waals surface area (Å²) in [7, 11) is 0. The molecule has 3 heterocycles. The molecule has 1 aliphatic rings. The number of nitrogens with two attached hydrogens (primary N) is 1. The summed E-state index contributed by atoms with van der Waals surface area (Å²) in [5.41, 5.74) is 12.3. The van der Waals surface area contributed by atoms with Gasteiger partial charge in [0.05, 0.1) is 22.9 Å². The molecule has 0 spiro atoms. The van der Waals surface area contributed by atoms with Crippen molar-refractivity contribution >= 4 is 21.8 Å². The van der Waals surface area contributed by atoms with E-state index in [1.165, 1.54) is 70.9 Å². The van der Waals surface area contributed by atoms with Gasteiger partial charge in [-0.25, -0.2) is 0 Å². The Kier molecular flexibility index (Phi) is 7.21. The van der Waals surface area contributed by atoms with Crippen molar-refractivity contribution in [2.75, 3.05) is 13.1 Å². The van der Waals surface area contributed by atoms with E-state index in [0.29, 0.717) is 12.6 Å². The van der Waals surface area contributed by atoms with Crippen molar-refractivity contribution in [1.82, 2.24) is 19.4 Å². The van der Waals surface area contributed by atoms with Gasteiger partial charge >= 0.3 is 0 Å². The standard InChI is InChI=1S/C29H37N5/c1-2-3-6-19-33(27-14-7-10-22-11-8-17-32-28(22)27)21-25-29-24(15-18-31-25)23-12-4-5-13-26(23)34(29)20-9-16-30/h4-5,8,11-13,15,17-18,27H,2-3,6-7,9-10,14,16,19-21,30H2,1H3/t27-/m0/s1. The van der Waals surface area contributed by atoms with E-state index in [4.69, 9.17) is 15.7 Å². The molecule has 5 heteroatoms. The van der Waals surface area contributed by atoms with E-state index in [1.807, 2.05) is 12.4 Å². The van der Waals surface area contributed by atoms with Crippen LogP contribution in [0.2, 0.25) is 0 Å². The molecule has 0 saturated carbocycles. The van der Waals surface area contributed by atoms with Crippen LogP contribution in [0.15, 0.2) is 54.9 Å². The lowest BCUT2D eigenvalue weighted by atomic mass is 9.90. The molecule has 0 amide bonds. The summed E-state index contributed by atoms with van der Waals surface area (Å²) in [4.78, 5) is 12.5. The number of rotatable bonds is 10. The Hall–Kier alpha value is -2.76. The monoisotopic (exact) mass is 455 g/mol. The summed E-state index contributed by atoms with van der Waals surface area (Å²) in [6.45, 7) is 5.82. The molecule has 1 aliphatic carbocycles. The molecule has 4 aromatic rings. The van der Waals surface area contributed by atoms with Crippen molar-refractivity contribution < 1.29 is 0 Å². The van der Waals surface area contributed by atoms with Crippen molar-refractivity contribution in [3.63, 3.8) is 0 Å². The topological polar surface area (TPSA) is 60.0 Å². The van der Waals surface area contributed by atoms with Crippen LogP contribution in [0.1, 0.15) is 68.4 Å². The zero-order valence-corrected chi connectivity index (χ0v) is 20.4. The number of hydrogen-bond donors (Lipinski definition) is 1. The molecule has 5 nitrogen and oxygen atoms in total. The highest BCUT2D eigenvalue weighted by atomic mass is 15.2. The molecular formula is C29H37N5. The fourth-order valence-electron chi connectivity index (χ4n) is 5.71. The van der Waals surface area contributed by atoms with Gasteiger partial charge in [-0.3, -0.25) is 14.9 Å². The molecule has 1 atom stereocenters. The van der Waals surface area contributed by atoms with Gasteiger partial charge in [0.15, 0.2) is 0 Å². The first-order valence-electron chi connectivity index (χ1n) is 13.0. The second-order valence-electron chi connectivity index (χ2n) is 9.60. The average Bonchev–Trinajstić information content (AvgIpc) is 3.21. The predicted molar refractivity (Wildman–Crippen MR) is 141 cm³/mol. The Morgan fingerprint density at radius 1 is 1.00 bits per heavy atom. The molecule has 3 aromatic heterocycles. The lowest BCUT2D eigenvalue weighted by Gasteiger charge is -2.35. The quantitative estimate of drug-likeness (QED) is 0.298. The summed E-state index contributed by atoms with van der Waals surface area (Å²) in [5.74, 6) is 0. The maximum Gasteiger partial charge on any atom is 0.0786 e. The van der Waals surface area contributed by atoms with E-state index in [2.05, 4.69) is 58.9 Å². The normalized spacial score (nSPS) is 15.9. The van der Waals surface area contributed by atoms with Crippen LogP contribution in [-0.2, 0) is 19.5 Å². The third-order valence-corrected chi connectivity index (χ3v) is 7.35. The minimum Gasteiger partial charge on any atom is -0.339 e. The summed E-state index contributed by atoms with van der Waals surface area (Å²) in [5, 5.41) is 2.61. The molecule has 178 valence electrons. The van der Waals surface area contributed by atoms with E-state index in [9.17, 15) is 0 Å². The van der Waals surface area contributed by atoms with E-state index in [-0.39, 0.29) is 0 Å². The highest BCUT2D eigenvalue weighted by Crippen LogP contribution is 2.36. The lowest BCUT2D eigenvalue weighted by molar-refractivity contribution is 0.161. The highest BCUT2D eigenvalue weighted by Gasteiger charge is 2.28. The lowest BCUT2D eigenvalue weighted by Crippen LogP contribution is -2.33. The Balaban J connectivity index is 1.57. The number of aryl methyl sites for hydroxylation is 2. The Bertz CT molecular complexity index is 1240. The second-order valence-corrected chi connectivity index (χ2v) is 9.60. The zero-order valence-electron chi connectivity index (χ0n) is 20.4. The number of pyridine rings is 2. The fraction of sp³-hybridized carbons (Fsp3) is 0.448. The molecule has 0 radical (unpaired) electrons. The Labute approximate surface area is 203 Å². The second kappa shape index (κ2) is 10.7. The molecule has 2 N–H and O–H groups in total. The zero-order chi connectivity index (χ0) is 23.3. The van der Waals surface area contributed by atoms with Gasteiger partial charge in [-0.15, -0.1) is 0 Å². The molecule has 1 aromatic carbocycles. The number of fused-ring (bicyclic) bond motifs is 4. The van der Waals surface area contributed by atoms with Gasteiger partial charge in [0.1, 0.15) is 0 Å². The van der Waals surface area contributed by atoms with E-state index < -0.39 is 0 Å². The summed E-state index contributed by atoms with van der Waals surface area (Å²) in [6.07, 6.45) is 12.2. The van der Waals surface area contributed by atoms with Crippen molar-refractivity contribution in [2.45, 2.75) is 71.0 Å². The van der Waals surface area contributed by atoms with Gasteiger partial charge in [0, 0.05) is 41.8 Å². The summed E-state index contributed by atoms with van der Waals surface area (Å²) < 4.78 is 2.46. The maximum atomic E-state index is 5.92. The minimum absolute atomic E-state index is 0.362. The number of nitrogens with zero attached hydrogens (tertiary/aromatic N) is 4. The van der Waals surface area contributed by atoms with Gasteiger partial charge < -0.3 is 10.3 Å². The van der Waals surface area contributed by atoms with Crippen LogP contribution >= 0.6 is 0 Å². The van der Waals surface area contributed by atoms with Crippen molar-refractivity contribution in [2.24, 2.45) is 5.73 Å². The average molecular weight is 456 g/mol. The third-order valence-electron chi connectivity index (χ3n) is 7.35. The number of unbranched alkanes of at least 4 members (excludes halogenated alkanes) is 2. The van der Waals surface area contributed by atoms with Crippen LogP contribution < -0.4 is 5.73 Å². The van der Waals surface area contributed by atoms with Gasteiger partial charge in [0.25, 0.3) is 0 Å². The van der Waals surface area contributed by atoms with Crippen molar-refractivity contribution in [1.29, 1.82) is 0 Å². The molecule has 0 unspecified atom stereocenters. The van der Waals surface area contributed by atoms with Crippen molar-refractivity contribution in [3.8, 4) is 0 Å². The molecular weight excluding hydrogens is 418 g/mol. The number of para-hydroxylation sites is 1. The molecule has 0 aliphatic heterocycles. The van der Waals surface area contributed by atoms with E-state index in [1.54, 1.807) is 0 Å². The minimum atomic E-state index is 0.362. The molecule has 34 heavy (non-hydrogen) atoms. The molecule has 0 fully saturated rings. The van der Waals surface area contributed by atoms with Gasteiger partial charge in [-0.1, -0.05) is 44.0 Å². The van der Waals surface area contributed by atoms with E-state index >= 15 is 0 Å². The van der Waals surface area contributed by atoms with Crippen LogP contribution in [0.25, 0.3) is 21.8 Å². The SMILES string of the molecule is CCCCCN(Cc1nccc2c3ccccc3n(CCCN)c12)[C@H]1CCCc2cccnc21. The molecule has 0 saturated heterocycles. The maximum absolute atomic E-state index is 5.92. The third kappa shape index (κ3) is 4.47. The van der Waals surface area contributed by atoms with Crippen LogP contribution in [0.4, 0.5) is 0 Å². The largest absolute Gasteiger partial charge is 0.339 e. The first-order chi connectivity index (χ1) is 16.8. The summed E-state index contributed by atoms with van der Waals surface area (Å²) in [6, 6.07) is 15.6. The van der Waals surface area contributed by atoms with Crippen LogP contribution in [-0.4, -0.2) is 32.5 Å². The van der Waals surface area contributed by atoms with Gasteiger partial charge in [0.2, 0.25) is 0 Å². The number of hydrogen-bond acceptors (Lipinski definition) is 4. The van der Waals surface area contributed by atoms with Gasteiger partial charge in [-0.05, 0) is 69.0 Å². The van der Waals surface area contributed by atoms with Crippen LogP contribution in [0, 0.1) is 0 Å². The van der Waals surface area contributed by atoms with Crippen molar-refractivity contribution in [3.05, 3.63) is 71.8 Å². The van der Waals surface area contributed by atoms with E-state index in [0.717, 1.165) is 32.5 Å². The molecule has 0 bridgehead atoms. The summed E-state index contributed by atoms with van der Waals surface area (Å²) >= 11 is 0. The number of aromatic nitrogens is 3.